The minimum Gasteiger partial charge on any atom is -0.269 e. The van der Waals surface area contributed by atoms with E-state index in [2.05, 4.69) is 47.7 Å². The molecule has 0 aliphatic rings. The third-order valence-corrected chi connectivity index (χ3v) is 3.94. The van der Waals surface area contributed by atoms with Crippen LogP contribution in [0.5, 0.6) is 0 Å². The van der Waals surface area contributed by atoms with E-state index < -0.39 is 0 Å². The molecule has 2 heterocycles. The Labute approximate surface area is 111 Å². The van der Waals surface area contributed by atoms with Gasteiger partial charge in [0.1, 0.15) is 5.69 Å². The van der Waals surface area contributed by atoms with E-state index in [4.69, 9.17) is 11.6 Å². The number of halogens is 2. The van der Waals surface area contributed by atoms with Crippen molar-refractivity contribution in [2.24, 2.45) is 0 Å². The summed E-state index contributed by atoms with van der Waals surface area (Å²) in [6, 6.07) is 2.35. The Bertz CT molecular complexity index is 475. The molecule has 5 heteroatoms. The highest BCUT2D eigenvalue weighted by molar-refractivity contribution is 14.1. The molecule has 0 saturated heterocycles. The van der Waals surface area contributed by atoms with E-state index >= 15 is 0 Å². The van der Waals surface area contributed by atoms with Gasteiger partial charge in [-0.3, -0.25) is 4.68 Å². The zero-order chi connectivity index (χ0) is 11.0. The second-order valence-corrected chi connectivity index (χ2v) is 6.24. The molecule has 2 rings (SSSR count). The lowest BCUT2D eigenvalue weighted by atomic mass is 10.2. The van der Waals surface area contributed by atoms with Crippen LogP contribution in [0.4, 0.5) is 0 Å². The minimum atomic E-state index is 0.390. The third kappa shape index (κ3) is 2.37. The quantitative estimate of drug-likeness (QED) is 0.730. The van der Waals surface area contributed by atoms with E-state index in [9.17, 15) is 0 Å². The highest BCUT2D eigenvalue weighted by Gasteiger charge is 2.11. The number of aromatic nitrogens is 2. The van der Waals surface area contributed by atoms with Gasteiger partial charge in [0.05, 0.1) is 7.91 Å². The molecule has 0 bridgehead atoms. The number of nitrogens with zero attached hydrogens (tertiary/aromatic N) is 2. The monoisotopic (exact) mass is 352 g/mol. The molecule has 0 N–H and O–H groups in total. The number of hydrogen-bond donors (Lipinski definition) is 0. The fourth-order valence-electron chi connectivity index (χ4n) is 1.26. The largest absolute Gasteiger partial charge is 0.269 e. The highest BCUT2D eigenvalue weighted by atomic mass is 127. The van der Waals surface area contributed by atoms with Crippen molar-refractivity contribution in [2.45, 2.75) is 19.9 Å². The highest BCUT2D eigenvalue weighted by Crippen LogP contribution is 2.31. The maximum absolute atomic E-state index is 5.91. The second kappa shape index (κ2) is 4.43. The first-order chi connectivity index (χ1) is 7.08. The normalized spacial score (nSPS) is 11.3. The lowest BCUT2D eigenvalue weighted by molar-refractivity contribution is 0.534. The Hall–Kier alpha value is -0.0700. The summed E-state index contributed by atoms with van der Waals surface area (Å²) in [6.07, 6.45) is 2.06. The van der Waals surface area contributed by atoms with Crippen LogP contribution in [0.1, 0.15) is 19.9 Å². The standard InChI is InChI=1S/C10H10ClIN2S/c1-6(2)14-4-8(12)10(13-14)7-3-9(11)15-5-7/h3-6H,1-2H3. The number of rotatable bonds is 2. The lowest BCUT2D eigenvalue weighted by Gasteiger charge is -2.02. The summed E-state index contributed by atoms with van der Waals surface area (Å²) < 4.78 is 3.94. The molecule has 0 saturated carbocycles. The summed E-state index contributed by atoms with van der Waals surface area (Å²) in [5.74, 6) is 0. The third-order valence-electron chi connectivity index (χ3n) is 2.06. The molecule has 0 unspecified atom stereocenters. The van der Waals surface area contributed by atoms with Crippen LogP contribution in [-0.2, 0) is 0 Å². The zero-order valence-electron chi connectivity index (χ0n) is 8.37. The van der Waals surface area contributed by atoms with Crippen molar-refractivity contribution in [3.05, 3.63) is 25.5 Å². The first-order valence-corrected chi connectivity index (χ1v) is 6.90. The fraction of sp³-hybridized carbons (Fsp3) is 0.300. The Morgan fingerprint density at radius 2 is 2.27 bits per heavy atom. The van der Waals surface area contributed by atoms with Crippen molar-refractivity contribution in [2.75, 3.05) is 0 Å². The van der Waals surface area contributed by atoms with Crippen LogP contribution in [-0.4, -0.2) is 9.78 Å². The van der Waals surface area contributed by atoms with Gasteiger partial charge in [-0.05, 0) is 42.5 Å². The van der Waals surface area contributed by atoms with E-state index in [-0.39, 0.29) is 0 Å². The van der Waals surface area contributed by atoms with Crippen LogP contribution >= 0.6 is 45.5 Å². The molecule has 2 aromatic rings. The van der Waals surface area contributed by atoms with Gasteiger partial charge in [-0.2, -0.15) is 5.10 Å². The van der Waals surface area contributed by atoms with Gasteiger partial charge in [0.2, 0.25) is 0 Å². The van der Waals surface area contributed by atoms with E-state index in [1.807, 2.05) is 16.1 Å². The van der Waals surface area contributed by atoms with Crippen LogP contribution in [0.25, 0.3) is 11.3 Å². The van der Waals surface area contributed by atoms with Gasteiger partial charge < -0.3 is 0 Å². The molecule has 0 radical (unpaired) electrons. The Kier molecular flexibility index (Phi) is 3.37. The molecule has 2 aromatic heterocycles. The summed E-state index contributed by atoms with van der Waals surface area (Å²) in [7, 11) is 0. The number of thiophene rings is 1. The fourth-order valence-corrected chi connectivity index (χ4v) is 2.83. The van der Waals surface area contributed by atoms with Gasteiger partial charge in [-0.15, -0.1) is 11.3 Å². The van der Waals surface area contributed by atoms with Crippen LogP contribution in [0.3, 0.4) is 0 Å². The predicted molar refractivity (Wildman–Crippen MR) is 73.7 cm³/mol. The summed E-state index contributed by atoms with van der Waals surface area (Å²) in [5.41, 5.74) is 2.13. The van der Waals surface area contributed by atoms with Gasteiger partial charge in [-0.25, -0.2) is 0 Å². The second-order valence-electron chi connectivity index (χ2n) is 3.54. The molecule has 0 spiro atoms. The SMILES string of the molecule is CC(C)n1cc(I)c(-c2csc(Cl)c2)n1. The van der Waals surface area contributed by atoms with Crippen molar-refractivity contribution in [3.8, 4) is 11.3 Å². The maximum atomic E-state index is 5.91. The predicted octanol–water partition coefficient (Wildman–Crippen LogP) is 4.45. The van der Waals surface area contributed by atoms with E-state index in [1.54, 1.807) is 0 Å². The molecule has 0 aromatic carbocycles. The van der Waals surface area contributed by atoms with E-state index in [1.165, 1.54) is 11.3 Å². The average molecular weight is 353 g/mol. The van der Waals surface area contributed by atoms with Crippen LogP contribution in [0, 0.1) is 3.57 Å². The zero-order valence-corrected chi connectivity index (χ0v) is 12.1. The maximum Gasteiger partial charge on any atom is 0.107 e. The van der Waals surface area contributed by atoms with Gasteiger partial charge in [-0.1, -0.05) is 11.6 Å². The average Bonchev–Trinajstić information content (AvgIpc) is 2.71. The van der Waals surface area contributed by atoms with Crippen LogP contribution in [0.15, 0.2) is 17.6 Å². The van der Waals surface area contributed by atoms with Crippen LogP contribution in [0.2, 0.25) is 4.34 Å². The van der Waals surface area contributed by atoms with E-state index in [0.29, 0.717) is 6.04 Å². The molecule has 0 aliphatic heterocycles. The van der Waals surface area contributed by atoms with Gasteiger partial charge >= 0.3 is 0 Å². The first kappa shape index (κ1) is 11.4. The minimum absolute atomic E-state index is 0.390. The molecule has 0 fully saturated rings. The molecule has 2 nitrogen and oxygen atoms in total. The van der Waals surface area contributed by atoms with Gasteiger partial charge in [0.15, 0.2) is 0 Å². The molecule has 15 heavy (non-hydrogen) atoms. The summed E-state index contributed by atoms with van der Waals surface area (Å²) >= 11 is 9.76. The molecular weight excluding hydrogens is 343 g/mol. The molecule has 80 valence electrons. The molecular formula is C10H10ClIN2S. The van der Waals surface area contributed by atoms with Crippen LogP contribution < -0.4 is 0 Å². The van der Waals surface area contributed by atoms with Crippen molar-refractivity contribution in [1.29, 1.82) is 0 Å². The van der Waals surface area contributed by atoms with E-state index in [0.717, 1.165) is 19.2 Å². The molecule has 0 aliphatic carbocycles. The molecule has 0 amide bonds. The number of hydrogen-bond acceptors (Lipinski definition) is 2. The summed E-state index contributed by atoms with van der Waals surface area (Å²) in [4.78, 5) is 0. The summed E-state index contributed by atoms with van der Waals surface area (Å²) in [6.45, 7) is 4.24. The molecule has 0 atom stereocenters. The Morgan fingerprint density at radius 1 is 1.53 bits per heavy atom. The smallest absolute Gasteiger partial charge is 0.107 e. The van der Waals surface area contributed by atoms with Crippen molar-refractivity contribution in [3.63, 3.8) is 0 Å². The van der Waals surface area contributed by atoms with Crippen molar-refractivity contribution >= 4 is 45.5 Å². The van der Waals surface area contributed by atoms with Gasteiger partial charge in [0.25, 0.3) is 0 Å². The summed E-state index contributed by atoms with van der Waals surface area (Å²) in [5, 5.41) is 6.59. The van der Waals surface area contributed by atoms with Crippen molar-refractivity contribution in [1.82, 2.24) is 9.78 Å². The Morgan fingerprint density at radius 3 is 2.73 bits per heavy atom. The topological polar surface area (TPSA) is 17.8 Å². The van der Waals surface area contributed by atoms with Crippen molar-refractivity contribution < 1.29 is 0 Å². The van der Waals surface area contributed by atoms with Gasteiger partial charge in [0, 0.05) is 23.2 Å². The first-order valence-electron chi connectivity index (χ1n) is 4.57. The lowest BCUT2D eigenvalue weighted by Crippen LogP contribution is -2.00. The Balaban J connectivity index is 2.44.